The summed E-state index contributed by atoms with van der Waals surface area (Å²) in [4.78, 5) is 10.6. The van der Waals surface area contributed by atoms with E-state index in [1.807, 2.05) is 11.8 Å². The van der Waals surface area contributed by atoms with Crippen LogP contribution in [0, 0.1) is 0 Å². The van der Waals surface area contributed by atoms with Gasteiger partial charge in [0.15, 0.2) is 15.7 Å². The van der Waals surface area contributed by atoms with Crippen molar-refractivity contribution in [2.45, 2.75) is 20.0 Å². The lowest BCUT2D eigenvalue weighted by Crippen LogP contribution is -2.28. The summed E-state index contributed by atoms with van der Waals surface area (Å²) in [6.45, 7) is 3.84. The number of sulfone groups is 1. The molecule has 21 heavy (non-hydrogen) atoms. The Balaban J connectivity index is 2.21. The molecule has 1 aromatic rings. The summed E-state index contributed by atoms with van der Waals surface area (Å²) in [5, 5.41) is 0. The molecule has 118 valence electrons. The minimum absolute atomic E-state index is 0.142. The lowest BCUT2D eigenvalue weighted by atomic mass is 10.3. The first-order chi connectivity index (χ1) is 10.0. The zero-order valence-electron chi connectivity index (χ0n) is 12.1. The lowest BCUT2D eigenvalue weighted by Gasteiger charge is -2.21. The van der Waals surface area contributed by atoms with Gasteiger partial charge < -0.3 is 15.1 Å². The number of hydrogen-bond donors (Lipinski definition) is 2. The van der Waals surface area contributed by atoms with Gasteiger partial charge in [0.25, 0.3) is 0 Å². The highest BCUT2D eigenvalue weighted by molar-refractivity contribution is 7.91. The Kier molecular flexibility index (Phi) is 5.32. The number of aromatic nitrogens is 2. The fourth-order valence-corrected chi connectivity index (χ4v) is 3.42. The van der Waals surface area contributed by atoms with Crippen molar-refractivity contribution in [3.63, 3.8) is 0 Å². The topological polar surface area (TPSA) is 110 Å². The minimum Gasteiger partial charge on any atom is -0.374 e. The first-order valence-corrected chi connectivity index (χ1v) is 8.74. The van der Waals surface area contributed by atoms with Crippen molar-refractivity contribution in [3.05, 3.63) is 11.9 Å². The Labute approximate surface area is 124 Å². The van der Waals surface area contributed by atoms with Crippen LogP contribution in [0.15, 0.2) is 6.07 Å². The van der Waals surface area contributed by atoms with Crippen LogP contribution in [0.1, 0.15) is 19.2 Å². The molecule has 0 radical (unpaired) electrons. The second-order valence-electron chi connectivity index (χ2n) is 4.80. The van der Waals surface area contributed by atoms with Gasteiger partial charge in [-0.25, -0.2) is 24.2 Å². The number of ether oxygens (including phenoxy) is 1. The maximum atomic E-state index is 11.7. The van der Waals surface area contributed by atoms with Gasteiger partial charge in [0.2, 0.25) is 0 Å². The average Bonchev–Trinajstić information content (AvgIpc) is 2.65. The largest absolute Gasteiger partial charge is 0.374 e. The van der Waals surface area contributed by atoms with Crippen LogP contribution in [0.4, 0.5) is 11.6 Å². The summed E-state index contributed by atoms with van der Waals surface area (Å²) in [6, 6.07) is 1.72. The molecular formula is C12H21N5O3S. The molecule has 0 aromatic carbocycles. The lowest BCUT2D eigenvalue weighted by molar-refractivity contribution is 0.128. The molecule has 0 aliphatic carbocycles. The minimum atomic E-state index is -2.95. The summed E-state index contributed by atoms with van der Waals surface area (Å²) in [5.41, 5.74) is 2.50. The highest BCUT2D eigenvalue weighted by atomic mass is 32.2. The summed E-state index contributed by atoms with van der Waals surface area (Å²) in [6.07, 6.45) is 0.596. The zero-order valence-corrected chi connectivity index (χ0v) is 12.9. The Morgan fingerprint density at radius 3 is 2.90 bits per heavy atom. The van der Waals surface area contributed by atoms with Crippen LogP contribution in [0.2, 0.25) is 0 Å². The normalized spacial score (nSPS) is 18.3. The molecule has 0 spiro atoms. The molecule has 0 bridgehead atoms. The van der Waals surface area contributed by atoms with E-state index in [9.17, 15) is 8.42 Å². The average molecular weight is 315 g/mol. The molecule has 2 heterocycles. The molecule has 1 aromatic heterocycles. The maximum Gasteiger partial charge on any atom is 0.158 e. The molecule has 0 atom stereocenters. The van der Waals surface area contributed by atoms with Gasteiger partial charge in [0.1, 0.15) is 18.2 Å². The fraction of sp³-hybridized carbons (Fsp3) is 0.667. The Morgan fingerprint density at radius 2 is 2.19 bits per heavy atom. The highest BCUT2D eigenvalue weighted by Gasteiger charge is 2.20. The molecule has 8 nitrogen and oxygen atoms in total. The zero-order chi connectivity index (χ0) is 15.3. The number of hydrazine groups is 1. The number of rotatable bonds is 5. The first-order valence-electron chi connectivity index (χ1n) is 6.92. The molecule has 9 heteroatoms. The SMILES string of the molecule is CCOCc1nc(NN)cc(N2CCCS(=O)(=O)CC2)n1. The molecule has 1 aliphatic heterocycles. The van der Waals surface area contributed by atoms with Gasteiger partial charge in [-0.2, -0.15) is 0 Å². The van der Waals surface area contributed by atoms with Crippen LogP contribution in [-0.4, -0.2) is 49.6 Å². The van der Waals surface area contributed by atoms with Gasteiger partial charge in [-0.1, -0.05) is 0 Å². The molecule has 1 aliphatic rings. The highest BCUT2D eigenvalue weighted by Crippen LogP contribution is 2.18. The number of anilines is 2. The molecule has 0 saturated carbocycles. The summed E-state index contributed by atoms with van der Waals surface area (Å²) in [5.74, 6) is 7.47. The maximum absolute atomic E-state index is 11.7. The predicted molar refractivity (Wildman–Crippen MR) is 80.7 cm³/mol. The van der Waals surface area contributed by atoms with E-state index >= 15 is 0 Å². The van der Waals surface area contributed by atoms with Crippen molar-refractivity contribution in [2.75, 3.05) is 41.5 Å². The van der Waals surface area contributed by atoms with Crippen molar-refractivity contribution in [3.8, 4) is 0 Å². The molecule has 1 saturated heterocycles. The number of nitrogens with zero attached hydrogens (tertiary/aromatic N) is 3. The monoisotopic (exact) mass is 315 g/mol. The molecule has 2 rings (SSSR count). The first kappa shape index (κ1) is 15.9. The summed E-state index contributed by atoms with van der Waals surface area (Å²) >= 11 is 0. The van der Waals surface area contributed by atoms with Crippen molar-refractivity contribution in [2.24, 2.45) is 5.84 Å². The second kappa shape index (κ2) is 7.01. The molecule has 3 N–H and O–H groups in total. The summed E-state index contributed by atoms with van der Waals surface area (Å²) < 4.78 is 28.6. The Hall–Kier alpha value is -1.45. The molecular weight excluding hydrogens is 294 g/mol. The fourth-order valence-electron chi connectivity index (χ4n) is 2.14. The van der Waals surface area contributed by atoms with Gasteiger partial charge in [-0.3, -0.25) is 0 Å². The third-order valence-electron chi connectivity index (χ3n) is 3.22. The number of nitrogens with two attached hydrogens (primary N) is 1. The van der Waals surface area contributed by atoms with Crippen molar-refractivity contribution in [1.29, 1.82) is 0 Å². The Bertz CT molecular complexity index is 578. The van der Waals surface area contributed by atoms with E-state index in [1.165, 1.54) is 0 Å². The molecule has 1 fully saturated rings. The van der Waals surface area contributed by atoms with Crippen LogP contribution in [-0.2, 0) is 21.2 Å². The van der Waals surface area contributed by atoms with Gasteiger partial charge in [0, 0.05) is 25.8 Å². The van der Waals surface area contributed by atoms with E-state index < -0.39 is 9.84 Å². The quantitative estimate of drug-likeness (QED) is 0.573. The van der Waals surface area contributed by atoms with Crippen LogP contribution >= 0.6 is 0 Å². The summed E-state index contributed by atoms with van der Waals surface area (Å²) in [7, 11) is -2.95. The van der Waals surface area contributed by atoms with Crippen LogP contribution in [0.3, 0.4) is 0 Å². The van der Waals surface area contributed by atoms with E-state index in [4.69, 9.17) is 10.6 Å². The molecule has 0 unspecified atom stereocenters. The van der Waals surface area contributed by atoms with Crippen molar-refractivity contribution >= 4 is 21.5 Å². The smallest absolute Gasteiger partial charge is 0.158 e. The van der Waals surface area contributed by atoms with E-state index in [0.717, 1.165) is 0 Å². The van der Waals surface area contributed by atoms with Crippen molar-refractivity contribution < 1.29 is 13.2 Å². The number of nitrogens with one attached hydrogen (secondary N) is 1. The predicted octanol–water partition coefficient (Wildman–Crippen LogP) is -0.0764. The van der Waals surface area contributed by atoms with Gasteiger partial charge >= 0.3 is 0 Å². The van der Waals surface area contributed by atoms with Gasteiger partial charge in [-0.15, -0.1) is 0 Å². The Morgan fingerprint density at radius 1 is 1.38 bits per heavy atom. The van der Waals surface area contributed by atoms with E-state index in [0.29, 0.717) is 50.2 Å². The standard InChI is InChI=1S/C12H21N5O3S/c1-2-20-9-11-14-10(16-13)8-12(15-11)17-4-3-6-21(18,19)7-5-17/h8H,2-7,9,13H2,1H3,(H,14,15,16). The number of nitrogen functional groups attached to an aromatic ring is 1. The third-order valence-corrected chi connectivity index (χ3v) is 4.94. The third kappa shape index (κ3) is 4.51. The van der Waals surface area contributed by atoms with Crippen LogP contribution in [0.5, 0.6) is 0 Å². The van der Waals surface area contributed by atoms with Gasteiger partial charge in [-0.05, 0) is 13.3 Å². The van der Waals surface area contributed by atoms with Crippen LogP contribution in [0.25, 0.3) is 0 Å². The van der Waals surface area contributed by atoms with E-state index in [-0.39, 0.29) is 11.5 Å². The van der Waals surface area contributed by atoms with Crippen LogP contribution < -0.4 is 16.2 Å². The number of hydrogen-bond acceptors (Lipinski definition) is 8. The van der Waals surface area contributed by atoms with Crippen molar-refractivity contribution in [1.82, 2.24) is 9.97 Å². The second-order valence-corrected chi connectivity index (χ2v) is 7.11. The van der Waals surface area contributed by atoms with E-state index in [1.54, 1.807) is 6.07 Å². The molecule has 0 amide bonds. The van der Waals surface area contributed by atoms with E-state index in [2.05, 4.69) is 15.4 Å². The van der Waals surface area contributed by atoms with Gasteiger partial charge in [0.05, 0.1) is 11.5 Å².